The highest BCUT2D eigenvalue weighted by Gasteiger charge is 1.97. The lowest BCUT2D eigenvalue weighted by Crippen LogP contribution is -1.89. The fourth-order valence-electron chi connectivity index (χ4n) is 0.781. The van der Waals surface area contributed by atoms with Crippen molar-refractivity contribution in [1.29, 1.82) is 0 Å². The molecule has 11 heavy (non-hydrogen) atoms. The predicted octanol–water partition coefficient (Wildman–Crippen LogP) is 2.26. The molecule has 0 aromatic heterocycles. The maximum atomic E-state index is 9.24. The Labute approximate surface area is 73.9 Å². The van der Waals surface area contributed by atoms with E-state index < -0.39 is 0 Å². The van der Waals surface area contributed by atoms with Crippen molar-refractivity contribution in [3.63, 3.8) is 0 Å². The average Bonchev–Trinajstić information content (AvgIpc) is 2.03. The standard InChI is InChI=1S/C8H9BrO2/c9-6-11-5-7-3-1-2-4-8(7)10/h1-4,10H,5-6H2. The van der Waals surface area contributed by atoms with Crippen molar-refractivity contribution in [2.24, 2.45) is 0 Å². The summed E-state index contributed by atoms with van der Waals surface area (Å²) >= 11 is 3.13. The summed E-state index contributed by atoms with van der Waals surface area (Å²) in [6.07, 6.45) is 0. The molecule has 2 nitrogen and oxygen atoms in total. The van der Waals surface area contributed by atoms with Crippen LogP contribution in [0, 0.1) is 0 Å². The molecule has 3 heteroatoms. The molecule has 0 unspecified atom stereocenters. The van der Waals surface area contributed by atoms with Crippen molar-refractivity contribution < 1.29 is 9.84 Å². The lowest BCUT2D eigenvalue weighted by Gasteiger charge is -2.02. The normalized spacial score (nSPS) is 9.91. The number of hydrogen-bond donors (Lipinski definition) is 1. The minimum atomic E-state index is 0.286. The summed E-state index contributed by atoms with van der Waals surface area (Å²) in [6.45, 7) is 0.442. The first-order valence-corrected chi connectivity index (χ1v) is 4.37. The number of aromatic hydroxyl groups is 1. The number of halogens is 1. The second-order valence-electron chi connectivity index (χ2n) is 2.09. The minimum Gasteiger partial charge on any atom is -0.508 e. The summed E-state index contributed by atoms with van der Waals surface area (Å²) in [5.41, 5.74) is 1.30. The molecular weight excluding hydrogens is 208 g/mol. The molecule has 60 valence electrons. The molecule has 0 amide bonds. The smallest absolute Gasteiger partial charge is 0.121 e. The third-order valence-electron chi connectivity index (χ3n) is 1.33. The molecule has 1 rings (SSSR count). The first-order valence-electron chi connectivity index (χ1n) is 3.25. The highest BCUT2D eigenvalue weighted by molar-refractivity contribution is 9.09. The van der Waals surface area contributed by atoms with E-state index in [0.29, 0.717) is 12.1 Å². The second-order valence-corrected chi connectivity index (χ2v) is 2.54. The maximum Gasteiger partial charge on any atom is 0.121 e. The van der Waals surface area contributed by atoms with Gasteiger partial charge in [-0.2, -0.15) is 0 Å². The van der Waals surface area contributed by atoms with Crippen LogP contribution in [0.2, 0.25) is 0 Å². The first kappa shape index (κ1) is 8.56. The van der Waals surface area contributed by atoms with Crippen LogP contribution in [0.4, 0.5) is 0 Å². The second kappa shape index (κ2) is 4.36. The van der Waals surface area contributed by atoms with Crippen molar-refractivity contribution in [2.75, 3.05) is 5.52 Å². The summed E-state index contributed by atoms with van der Waals surface area (Å²) in [5.74, 6) is 0.286. The molecule has 0 fully saturated rings. The topological polar surface area (TPSA) is 29.5 Å². The van der Waals surface area contributed by atoms with Crippen LogP contribution < -0.4 is 0 Å². The van der Waals surface area contributed by atoms with Crippen molar-refractivity contribution in [3.05, 3.63) is 29.8 Å². The molecule has 1 aromatic carbocycles. The van der Waals surface area contributed by atoms with Gasteiger partial charge in [-0.05, 0) is 6.07 Å². The van der Waals surface area contributed by atoms with Crippen molar-refractivity contribution in [1.82, 2.24) is 0 Å². The van der Waals surface area contributed by atoms with Gasteiger partial charge < -0.3 is 9.84 Å². The monoisotopic (exact) mass is 216 g/mol. The maximum absolute atomic E-state index is 9.24. The molecule has 0 saturated heterocycles. The number of alkyl halides is 1. The van der Waals surface area contributed by atoms with Gasteiger partial charge in [0.1, 0.15) is 11.3 Å². The van der Waals surface area contributed by atoms with Crippen LogP contribution in [0.1, 0.15) is 5.56 Å². The molecule has 0 saturated carbocycles. The van der Waals surface area contributed by atoms with Crippen LogP contribution >= 0.6 is 15.9 Å². The van der Waals surface area contributed by atoms with Gasteiger partial charge in [0.05, 0.1) is 6.61 Å². The number of phenols is 1. The number of hydrogen-bond acceptors (Lipinski definition) is 2. The van der Waals surface area contributed by atoms with E-state index >= 15 is 0 Å². The van der Waals surface area contributed by atoms with Crippen LogP contribution in [0.15, 0.2) is 24.3 Å². The van der Waals surface area contributed by atoms with E-state index in [-0.39, 0.29) is 5.75 Å². The van der Waals surface area contributed by atoms with E-state index in [9.17, 15) is 5.11 Å². The zero-order chi connectivity index (χ0) is 8.10. The molecule has 0 aliphatic carbocycles. The van der Waals surface area contributed by atoms with Gasteiger partial charge in [0.15, 0.2) is 0 Å². The van der Waals surface area contributed by atoms with Crippen LogP contribution in [0.5, 0.6) is 5.75 Å². The molecule has 1 N–H and O–H groups in total. The van der Waals surface area contributed by atoms with E-state index in [2.05, 4.69) is 15.9 Å². The van der Waals surface area contributed by atoms with Gasteiger partial charge in [-0.15, -0.1) is 0 Å². The fourth-order valence-corrected chi connectivity index (χ4v) is 0.943. The van der Waals surface area contributed by atoms with E-state index in [1.54, 1.807) is 12.1 Å². The van der Waals surface area contributed by atoms with Crippen molar-refractivity contribution in [2.45, 2.75) is 6.61 Å². The third kappa shape index (κ3) is 2.52. The van der Waals surface area contributed by atoms with Crippen LogP contribution in [0.25, 0.3) is 0 Å². The number of phenolic OH excluding ortho intramolecular Hbond substituents is 1. The largest absolute Gasteiger partial charge is 0.508 e. The van der Waals surface area contributed by atoms with Crippen LogP contribution in [-0.2, 0) is 11.3 Å². The molecule has 0 heterocycles. The zero-order valence-corrected chi connectivity index (χ0v) is 7.54. The van der Waals surface area contributed by atoms with Gasteiger partial charge in [0.2, 0.25) is 0 Å². The highest BCUT2D eigenvalue weighted by Crippen LogP contribution is 2.16. The Bertz CT molecular complexity index is 225. The van der Waals surface area contributed by atoms with Gasteiger partial charge in [-0.1, -0.05) is 34.1 Å². The summed E-state index contributed by atoms with van der Waals surface area (Å²) < 4.78 is 5.06. The Morgan fingerprint density at radius 3 is 2.73 bits per heavy atom. The van der Waals surface area contributed by atoms with Gasteiger partial charge in [0, 0.05) is 5.56 Å². The molecule has 0 spiro atoms. The van der Waals surface area contributed by atoms with E-state index in [0.717, 1.165) is 5.56 Å². The van der Waals surface area contributed by atoms with Crippen molar-refractivity contribution >= 4 is 15.9 Å². The summed E-state index contributed by atoms with van der Waals surface area (Å²) in [5, 5.41) is 9.24. The van der Waals surface area contributed by atoms with Crippen LogP contribution in [0.3, 0.4) is 0 Å². The molecule has 0 bridgehead atoms. The quantitative estimate of drug-likeness (QED) is 0.787. The predicted molar refractivity (Wildman–Crippen MR) is 46.7 cm³/mol. The lowest BCUT2D eigenvalue weighted by molar-refractivity contribution is 0.170. The Morgan fingerprint density at radius 2 is 2.09 bits per heavy atom. The van der Waals surface area contributed by atoms with Gasteiger partial charge in [-0.3, -0.25) is 0 Å². The Balaban J connectivity index is 2.62. The number of ether oxygens (including phenoxy) is 1. The van der Waals surface area contributed by atoms with Gasteiger partial charge in [-0.25, -0.2) is 0 Å². The third-order valence-corrected chi connectivity index (χ3v) is 1.65. The molecule has 0 aliphatic heterocycles. The molecular formula is C8H9BrO2. The first-order chi connectivity index (χ1) is 5.34. The van der Waals surface area contributed by atoms with Gasteiger partial charge >= 0.3 is 0 Å². The number of para-hydroxylation sites is 1. The summed E-state index contributed by atoms with van der Waals surface area (Å²) in [6, 6.07) is 7.13. The molecule has 1 aromatic rings. The average molecular weight is 217 g/mol. The summed E-state index contributed by atoms with van der Waals surface area (Å²) in [7, 11) is 0. The Kier molecular flexibility index (Phi) is 3.39. The van der Waals surface area contributed by atoms with Crippen LogP contribution in [-0.4, -0.2) is 10.6 Å². The Morgan fingerprint density at radius 1 is 1.36 bits per heavy atom. The number of benzene rings is 1. The van der Waals surface area contributed by atoms with Crippen molar-refractivity contribution in [3.8, 4) is 5.75 Å². The van der Waals surface area contributed by atoms with E-state index in [1.165, 1.54) is 0 Å². The lowest BCUT2D eigenvalue weighted by atomic mass is 10.2. The minimum absolute atomic E-state index is 0.286. The molecule has 0 radical (unpaired) electrons. The number of rotatable bonds is 3. The fraction of sp³-hybridized carbons (Fsp3) is 0.250. The molecule has 0 atom stereocenters. The molecule has 0 aliphatic rings. The van der Waals surface area contributed by atoms with E-state index in [4.69, 9.17) is 4.74 Å². The summed E-state index contributed by atoms with van der Waals surface area (Å²) in [4.78, 5) is 0. The zero-order valence-electron chi connectivity index (χ0n) is 5.96. The Hall–Kier alpha value is -0.540. The van der Waals surface area contributed by atoms with Gasteiger partial charge in [0.25, 0.3) is 0 Å². The SMILES string of the molecule is Oc1ccccc1COCBr. The highest BCUT2D eigenvalue weighted by atomic mass is 79.9. The van der Waals surface area contributed by atoms with E-state index in [1.807, 2.05) is 12.1 Å².